The summed E-state index contributed by atoms with van der Waals surface area (Å²) in [5.41, 5.74) is 5.00. The van der Waals surface area contributed by atoms with E-state index in [0.717, 1.165) is 33.2 Å². The summed E-state index contributed by atoms with van der Waals surface area (Å²) in [5.74, 6) is -0.779. The largest absolute Gasteiger partial charge is 0.352 e. The minimum absolute atomic E-state index is 0.118. The van der Waals surface area contributed by atoms with Gasteiger partial charge in [-0.25, -0.2) is 4.39 Å². The van der Waals surface area contributed by atoms with Crippen molar-refractivity contribution < 1.29 is 9.18 Å². The van der Waals surface area contributed by atoms with Crippen molar-refractivity contribution in [2.24, 2.45) is 0 Å². The van der Waals surface area contributed by atoms with Crippen molar-refractivity contribution in [2.45, 2.75) is 25.4 Å². The van der Waals surface area contributed by atoms with Crippen LogP contribution in [0.3, 0.4) is 0 Å². The molecular formula is C32H25ClFN3O. The molecule has 1 N–H and O–H groups in total. The average Bonchev–Trinajstić information content (AvgIpc) is 3.31. The molecule has 4 nitrogen and oxygen atoms in total. The molecule has 38 heavy (non-hydrogen) atoms. The normalized spacial score (nSPS) is 11.7. The SMILES string of the molecule is N#Cc1cccc([C@@H](CC(=O)NCc2ccccc2)c2cn(Cc3ccc(F)cc3)c3ccccc23)c1Cl. The number of nitrogens with zero attached hydrogens (tertiary/aromatic N) is 2. The Morgan fingerprint density at radius 2 is 1.63 bits per heavy atom. The highest BCUT2D eigenvalue weighted by atomic mass is 35.5. The molecular weight excluding hydrogens is 497 g/mol. The summed E-state index contributed by atoms with van der Waals surface area (Å²) >= 11 is 6.72. The lowest BCUT2D eigenvalue weighted by atomic mass is 9.87. The third kappa shape index (κ3) is 5.46. The van der Waals surface area contributed by atoms with Gasteiger partial charge in [-0.1, -0.05) is 84.4 Å². The van der Waals surface area contributed by atoms with Gasteiger partial charge in [0, 0.05) is 42.5 Å². The first-order chi connectivity index (χ1) is 18.5. The predicted molar refractivity (Wildman–Crippen MR) is 148 cm³/mol. The van der Waals surface area contributed by atoms with Gasteiger partial charge in [0.2, 0.25) is 5.91 Å². The summed E-state index contributed by atoms with van der Waals surface area (Å²) in [6.07, 6.45) is 2.20. The molecule has 0 unspecified atom stereocenters. The number of carbonyl (C=O) groups is 1. The van der Waals surface area contributed by atoms with Crippen LogP contribution >= 0.6 is 11.6 Å². The number of nitriles is 1. The molecule has 1 heterocycles. The fourth-order valence-corrected chi connectivity index (χ4v) is 5.12. The van der Waals surface area contributed by atoms with Gasteiger partial charge in [0.05, 0.1) is 10.6 Å². The summed E-state index contributed by atoms with van der Waals surface area (Å²) in [6, 6.07) is 31.7. The molecule has 0 radical (unpaired) electrons. The molecule has 0 spiro atoms. The Bertz CT molecular complexity index is 1620. The van der Waals surface area contributed by atoms with Gasteiger partial charge >= 0.3 is 0 Å². The van der Waals surface area contributed by atoms with Gasteiger partial charge in [-0.2, -0.15) is 5.26 Å². The number of rotatable bonds is 8. The number of nitrogens with one attached hydrogen (secondary N) is 1. The van der Waals surface area contributed by atoms with Crippen LogP contribution in [0.25, 0.3) is 10.9 Å². The Labute approximate surface area is 225 Å². The molecule has 1 aromatic heterocycles. The zero-order valence-electron chi connectivity index (χ0n) is 20.6. The van der Waals surface area contributed by atoms with Crippen LogP contribution < -0.4 is 5.32 Å². The maximum atomic E-state index is 13.5. The highest BCUT2D eigenvalue weighted by Gasteiger charge is 2.25. The van der Waals surface area contributed by atoms with E-state index in [1.54, 1.807) is 24.3 Å². The molecule has 0 saturated heterocycles. The molecule has 5 aromatic rings. The summed E-state index contributed by atoms with van der Waals surface area (Å²) in [5, 5.41) is 14.0. The first-order valence-corrected chi connectivity index (χ1v) is 12.7. The maximum Gasteiger partial charge on any atom is 0.221 e. The van der Waals surface area contributed by atoms with Crippen LogP contribution in [-0.4, -0.2) is 10.5 Å². The number of benzene rings is 4. The number of hydrogen-bond acceptors (Lipinski definition) is 2. The monoisotopic (exact) mass is 521 g/mol. The first-order valence-electron chi connectivity index (χ1n) is 12.3. The van der Waals surface area contributed by atoms with Crippen LogP contribution in [0.4, 0.5) is 4.39 Å². The minimum atomic E-state index is -0.383. The second-order valence-electron chi connectivity index (χ2n) is 9.20. The third-order valence-electron chi connectivity index (χ3n) is 6.71. The average molecular weight is 522 g/mol. The van der Waals surface area contributed by atoms with Crippen LogP contribution in [0.2, 0.25) is 5.02 Å². The van der Waals surface area contributed by atoms with E-state index in [4.69, 9.17) is 11.6 Å². The Morgan fingerprint density at radius 1 is 0.895 bits per heavy atom. The zero-order valence-corrected chi connectivity index (χ0v) is 21.3. The van der Waals surface area contributed by atoms with E-state index in [1.807, 2.05) is 66.9 Å². The fraction of sp³-hybridized carbons (Fsp3) is 0.125. The van der Waals surface area contributed by atoms with E-state index in [1.165, 1.54) is 12.1 Å². The van der Waals surface area contributed by atoms with Gasteiger partial charge in [0.1, 0.15) is 11.9 Å². The standard InChI is InChI=1S/C32H25ClFN3O/c33-32-24(18-35)9-6-11-27(32)28(17-31(38)36-19-22-7-2-1-3-8-22)29-21-37(30-12-5-4-10-26(29)30)20-23-13-15-25(34)16-14-23/h1-16,21,28H,17,19-20H2,(H,36,38)/t28-/m1/s1. The molecule has 5 rings (SSSR count). The third-order valence-corrected chi connectivity index (χ3v) is 7.13. The lowest BCUT2D eigenvalue weighted by molar-refractivity contribution is -0.121. The van der Waals surface area contributed by atoms with Crippen LogP contribution in [-0.2, 0) is 17.9 Å². The van der Waals surface area contributed by atoms with E-state index in [9.17, 15) is 14.4 Å². The Hall–Kier alpha value is -4.40. The summed E-state index contributed by atoms with van der Waals surface area (Å²) in [7, 11) is 0. The van der Waals surface area contributed by atoms with Gasteiger partial charge < -0.3 is 9.88 Å². The molecule has 0 saturated carbocycles. The Morgan fingerprint density at radius 3 is 2.39 bits per heavy atom. The zero-order chi connectivity index (χ0) is 26.5. The molecule has 0 aliphatic rings. The quantitative estimate of drug-likeness (QED) is 0.235. The van der Waals surface area contributed by atoms with Crippen molar-refractivity contribution >= 4 is 28.4 Å². The molecule has 4 aromatic carbocycles. The van der Waals surface area contributed by atoms with E-state index in [0.29, 0.717) is 23.7 Å². The Balaban J connectivity index is 1.55. The molecule has 0 fully saturated rings. The molecule has 6 heteroatoms. The molecule has 1 amide bonds. The van der Waals surface area contributed by atoms with Crippen molar-refractivity contribution in [1.29, 1.82) is 5.26 Å². The van der Waals surface area contributed by atoms with Gasteiger partial charge in [0.15, 0.2) is 0 Å². The van der Waals surface area contributed by atoms with Gasteiger partial charge in [0.25, 0.3) is 0 Å². The number of hydrogen-bond donors (Lipinski definition) is 1. The van der Waals surface area contributed by atoms with Crippen molar-refractivity contribution in [3.63, 3.8) is 0 Å². The van der Waals surface area contributed by atoms with Gasteiger partial charge in [-0.3, -0.25) is 4.79 Å². The van der Waals surface area contributed by atoms with E-state index in [2.05, 4.69) is 16.0 Å². The summed E-state index contributed by atoms with van der Waals surface area (Å²) < 4.78 is 15.6. The lowest BCUT2D eigenvalue weighted by Gasteiger charge is -2.19. The molecule has 188 valence electrons. The molecule has 0 bridgehead atoms. The Kier molecular flexibility index (Phi) is 7.53. The van der Waals surface area contributed by atoms with Crippen molar-refractivity contribution in [2.75, 3.05) is 0 Å². The summed E-state index contributed by atoms with van der Waals surface area (Å²) in [4.78, 5) is 13.2. The smallest absolute Gasteiger partial charge is 0.221 e. The maximum absolute atomic E-state index is 13.5. The van der Waals surface area contributed by atoms with E-state index >= 15 is 0 Å². The molecule has 0 aliphatic heterocycles. The van der Waals surface area contributed by atoms with Crippen LogP contribution in [0.5, 0.6) is 0 Å². The number of amides is 1. The van der Waals surface area contributed by atoms with Crippen molar-refractivity contribution in [1.82, 2.24) is 9.88 Å². The summed E-state index contributed by atoms with van der Waals surface area (Å²) in [6.45, 7) is 0.963. The van der Waals surface area contributed by atoms with Crippen LogP contribution in [0.15, 0.2) is 103 Å². The fourth-order valence-electron chi connectivity index (χ4n) is 4.82. The number of carbonyl (C=O) groups excluding carboxylic acids is 1. The highest BCUT2D eigenvalue weighted by Crippen LogP contribution is 2.39. The van der Waals surface area contributed by atoms with E-state index in [-0.39, 0.29) is 24.1 Å². The number of halogens is 2. The van der Waals surface area contributed by atoms with Crippen molar-refractivity contribution in [3.8, 4) is 6.07 Å². The van der Waals surface area contributed by atoms with E-state index < -0.39 is 0 Å². The second-order valence-corrected chi connectivity index (χ2v) is 9.57. The lowest BCUT2D eigenvalue weighted by Crippen LogP contribution is -2.25. The second kappa shape index (κ2) is 11.3. The predicted octanol–water partition coefficient (Wildman–Crippen LogP) is 7.19. The van der Waals surface area contributed by atoms with Crippen molar-refractivity contribution in [3.05, 3.63) is 142 Å². The molecule has 0 aliphatic carbocycles. The van der Waals surface area contributed by atoms with Gasteiger partial charge in [-0.15, -0.1) is 0 Å². The van der Waals surface area contributed by atoms with Gasteiger partial charge in [-0.05, 0) is 46.5 Å². The van der Waals surface area contributed by atoms with Crippen LogP contribution in [0, 0.1) is 17.1 Å². The highest BCUT2D eigenvalue weighted by molar-refractivity contribution is 6.32. The molecule has 1 atom stereocenters. The van der Waals surface area contributed by atoms with Crippen LogP contribution in [0.1, 0.15) is 40.2 Å². The topological polar surface area (TPSA) is 57.8 Å². The first kappa shape index (κ1) is 25.3. The number of fused-ring (bicyclic) bond motifs is 1. The minimum Gasteiger partial charge on any atom is -0.352 e. The number of para-hydroxylation sites is 1. The number of aromatic nitrogens is 1.